The van der Waals surface area contributed by atoms with E-state index in [1.165, 1.54) is 17.4 Å². The fourth-order valence-electron chi connectivity index (χ4n) is 2.25. The molecule has 0 fully saturated rings. The second-order valence-corrected chi connectivity index (χ2v) is 6.48. The van der Waals surface area contributed by atoms with E-state index >= 15 is 0 Å². The van der Waals surface area contributed by atoms with E-state index < -0.39 is 12.3 Å². The van der Waals surface area contributed by atoms with Crippen molar-refractivity contribution in [2.24, 2.45) is 11.6 Å². The molecule has 3 aromatic rings. The molecule has 0 spiro atoms. The van der Waals surface area contributed by atoms with E-state index in [1.807, 2.05) is 0 Å². The van der Waals surface area contributed by atoms with Gasteiger partial charge in [0.1, 0.15) is 0 Å². The molecular weight excluding hydrogens is 413 g/mol. The Hall–Kier alpha value is -2.75. The highest BCUT2D eigenvalue weighted by Gasteiger charge is 2.17. The van der Waals surface area contributed by atoms with E-state index in [-0.39, 0.29) is 12.4 Å². The smallest absolute Gasteiger partial charge is 0.314 e. The number of hydrazine groups is 1. The normalized spacial score (nSPS) is 11.9. The average molecular weight is 427 g/mol. The summed E-state index contributed by atoms with van der Waals surface area (Å²) in [6.45, 7) is 0.244. The van der Waals surface area contributed by atoms with Crippen LogP contribution in [0.2, 0.25) is 10.0 Å². The van der Waals surface area contributed by atoms with Crippen LogP contribution in [0.3, 0.4) is 0 Å². The summed E-state index contributed by atoms with van der Waals surface area (Å²) < 4.78 is 29.9. The molecule has 11 heteroatoms. The third-order valence-electron chi connectivity index (χ3n) is 3.60. The topological polar surface area (TPSA) is 107 Å². The van der Waals surface area contributed by atoms with E-state index in [1.54, 1.807) is 30.3 Å². The average Bonchev–Trinajstić information content (AvgIpc) is 3.15. The van der Waals surface area contributed by atoms with Crippen LogP contribution in [0, 0.1) is 0 Å². The molecule has 1 aromatic carbocycles. The summed E-state index contributed by atoms with van der Waals surface area (Å²) >= 11 is 11.9. The first-order valence-corrected chi connectivity index (χ1v) is 8.60. The number of aromatic nitrogens is 3. The molecule has 4 N–H and O–H groups in total. The first-order chi connectivity index (χ1) is 13.3. The van der Waals surface area contributed by atoms with E-state index in [0.717, 1.165) is 0 Å². The molecule has 0 amide bonds. The van der Waals surface area contributed by atoms with Crippen molar-refractivity contribution in [3.05, 3.63) is 69.9 Å². The van der Waals surface area contributed by atoms with E-state index in [9.17, 15) is 8.78 Å². The maximum Gasteiger partial charge on any atom is 0.314 e. The standard InChI is InChI=1S/C17H14Cl2F2N6O/c18-12-4-2-9(5-13(12)19)14(22)8-27(23)7-11-3-1-10(6-24-11)16-25-26-17(28-16)15(20)21/h1-6,8,15H,7,22-23H2/b14-8-. The summed E-state index contributed by atoms with van der Waals surface area (Å²) in [6.07, 6.45) is 0.132. The molecule has 0 saturated carbocycles. The number of nitrogens with zero attached hydrogens (tertiary/aromatic N) is 4. The molecule has 0 bridgehead atoms. The third kappa shape index (κ3) is 4.75. The maximum absolute atomic E-state index is 12.5. The van der Waals surface area contributed by atoms with Crippen molar-refractivity contribution < 1.29 is 13.2 Å². The molecule has 3 rings (SSSR count). The minimum Gasteiger partial charge on any atom is -0.415 e. The molecular formula is C17H14Cl2F2N6O. The van der Waals surface area contributed by atoms with Gasteiger partial charge in [-0.2, -0.15) is 8.78 Å². The Morgan fingerprint density at radius 3 is 2.57 bits per heavy atom. The largest absolute Gasteiger partial charge is 0.415 e. The molecule has 0 unspecified atom stereocenters. The number of hydrogen-bond acceptors (Lipinski definition) is 7. The van der Waals surface area contributed by atoms with Crippen molar-refractivity contribution >= 4 is 28.9 Å². The van der Waals surface area contributed by atoms with Gasteiger partial charge in [-0.15, -0.1) is 10.2 Å². The van der Waals surface area contributed by atoms with Crippen molar-refractivity contribution in [2.45, 2.75) is 13.0 Å². The Kier molecular flexibility index (Phi) is 6.08. The number of alkyl halides is 2. The summed E-state index contributed by atoms with van der Waals surface area (Å²) in [7, 11) is 0. The fraction of sp³-hybridized carbons (Fsp3) is 0.118. The van der Waals surface area contributed by atoms with E-state index in [2.05, 4.69) is 15.2 Å². The zero-order valence-electron chi connectivity index (χ0n) is 14.2. The van der Waals surface area contributed by atoms with Crippen LogP contribution in [0.15, 0.2) is 47.1 Å². The molecule has 0 saturated heterocycles. The monoisotopic (exact) mass is 426 g/mol. The summed E-state index contributed by atoms with van der Waals surface area (Å²) in [5.41, 5.74) is 8.11. The van der Waals surface area contributed by atoms with Gasteiger partial charge in [0.15, 0.2) is 0 Å². The zero-order valence-corrected chi connectivity index (χ0v) is 15.7. The first kappa shape index (κ1) is 20.0. The first-order valence-electron chi connectivity index (χ1n) is 7.84. The minimum atomic E-state index is -2.83. The van der Waals surface area contributed by atoms with Crippen LogP contribution in [-0.2, 0) is 6.54 Å². The van der Waals surface area contributed by atoms with Crippen molar-refractivity contribution in [1.82, 2.24) is 20.2 Å². The Morgan fingerprint density at radius 2 is 1.96 bits per heavy atom. The third-order valence-corrected chi connectivity index (χ3v) is 4.34. The van der Waals surface area contributed by atoms with Crippen molar-refractivity contribution in [2.75, 3.05) is 0 Å². The van der Waals surface area contributed by atoms with Crippen LogP contribution in [0.5, 0.6) is 0 Å². The number of rotatable bonds is 6. The number of benzene rings is 1. The molecule has 0 aliphatic carbocycles. The van der Waals surface area contributed by atoms with Crippen LogP contribution in [0.25, 0.3) is 17.2 Å². The molecule has 0 radical (unpaired) electrons. The number of hydrogen-bond donors (Lipinski definition) is 2. The van der Waals surface area contributed by atoms with Crippen molar-refractivity contribution in [3.8, 4) is 11.5 Å². The van der Waals surface area contributed by atoms with Gasteiger partial charge in [-0.25, -0.2) is 5.84 Å². The second-order valence-electron chi connectivity index (χ2n) is 5.67. The highest BCUT2D eigenvalue weighted by atomic mass is 35.5. The van der Waals surface area contributed by atoms with Crippen LogP contribution in [0.1, 0.15) is 23.6 Å². The van der Waals surface area contributed by atoms with Gasteiger partial charge in [0, 0.05) is 18.0 Å². The van der Waals surface area contributed by atoms with Gasteiger partial charge in [0.25, 0.3) is 5.89 Å². The van der Waals surface area contributed by atoms with Crippen molar-refractivity contribution in [1.29, 1.82) is 0 Å². The SMILES string of the molecule is N/C(=C\N(N)Cc1ccc(-c2nnc(C(F)F)o2)cn1)c1ccc(Cl)c(Cl)c1. The predicted molar refractivity (Wildman–Crippen MR) is 101 cm³/mol. The lowest BCUT2D eigenvalue weighted by Gasteiger charge is -2.15. The van der Waals surface area contributed by atoms with Crippen LogP contribution in [-0.4, -0.2) is 20.2 Å². The second kappa shape index (κ2) is 8.51. The lowest BCUT2D eigenvalue weighted by atomic mass is 10.2. The Bertz CT molecular complexity index is 994. The molecule has 146 valence electrons. The quantitative estimate of drug-likeness (QED) is 0.452. The van der Waals surface area contributed by atoms with Gasteiger partial charge in [0.05, 0.1) is 33.5 Å². The summed E-state index contributed by atoms with van der Waals surface area (Å²) in [5, 5.41) is 9.00. The van der Waals surface area contributed by atoms with Crippen LogP contribution in [0.4, 0.5) is 8.78 Å². The number of halogens is 4. The highest BCUT2D eigenvalue weighted by Crippen LogP contribution is 2.25. The Balaban J connectivity index is 1.68. The van der Waals surface area contributed by atoms with E-state index in [0.29, 0.717) is 32.6 Å². The van der Waals surface area contributed by atoms with Gasteiger partial charge in [-0.3, -0.25) is 4.98 Å². The predicted octanol–water partition coefficient (Wildman–Crippen LogP) is 4.01. The van der Waals surface area contributed by atoms with Crippen LogP contribution < -0.4 is 11.6 Å². The molecule has 7 nitrogen and oxygen atoms in total. The minimum absolute atomic E-state index is 0.0392. The van der Waals surface area contributed by atoms with E-state index in [4.69, 9.17) is 39.2 Å². The van der Waals surface area contributed by atoms with Gasteiger partial charge >= 0.3 is 6.43 Å². The maximum atomic E-state index is 12.5. The van der Waals surface area contributed by atoms with Crippen molar-refractivity contribution in [3.63, 3.8) is 0 Å². The molecule has 28 heavy (non-hydrogen) atoms. The molecule has 2 aromatic heterocycles. The molecule has 0 aliphatic heterocycles. The molecule has 0 atom stereocenters. The summed E-state index contributed by atoms with van der Waals surface area (Å²) in [6, 6.07) is 8.27. The Labute approximate surface area is 168 Å². The fourth-order valence-corrected chi connectivity index (χ4v) is 2.54. The summed E-state index contributed by atoms with van der Waals surface area (Å²) in [5.74, 6) is 5.17. The summed E-state index contributed by atoms with van der Waals surface area (Å²) in [4.78, 5) is 4.21. The number of nitrogens with two attached hydrogens (primary N) is 2. The van der Waals surface area contributed by atoms with Gasteiger partial charge in [0.2, 0.25) is 5.89 Å². The van der Waals surface area contributed by atoms with Crippen LogP contribution >= 0.6 is 23.2 Å². The highest BCUT2D eigenvalue weighted by molar-refractivity contribution is 6.42. The molecule has 2 heterocycles. The van der Waals surface area contributed by atoms with Gasteiger partial charge in [-0.1, -0.05) is 29.3 Å². The lowest BCUT2D eigenvalue weighted by Crippen LogP contribution is -2.26. The zero-order chi connectivity index (χ0) is 20.3. The lowest BCUT2D eigenvalue weighted by molar-refractivity contribution is 0.116. The number of pyridine rings is 1. The van der Waals surface area contributed by atoms with Gasteiger partial charge < -0.3 is 15.2 Å². The molecule has 0 aliphatic rings. The van der Waals surface area contributed by atoms with Gasteiger partial charge in [-0.05, 0) is 24.3 Å². The Morgan fingerprint density at radius 1 is 1.18 bits per heavy atom.